The normalized spacial score (nSPS) is 18.6. The van der Waals surface area contributed by atoms with E-state index in [0.717, 1.165) is 37.6 Å². The Kier molecular flexibility index (Phi) is 5.28. The zero-order chi connectivity index (χ0) is 15.2. The van der Waals surface area contributed by atoms with Gasteiger partial charge in [-0.25, -0.2) is 9.67 Å². The van der Waals surface area contributed by atoms with Gasteiger partial charge in [0.2, 0.25) is 5.91 Å². The van der Waals surface area contributed by atoms with Crippen LogP contribution in [0.4, 0.5) is 0 Å². The number of likely N-dealkylation sites (tertiary alicyclic amines) is 1. The summed E-state index contributed by atoms with van der Waals surface area (Å²) in [5.74, 6) is 1.69. The lowest BCUT2D eigenvalue weighted by Gasteiger charge is -2.23. The maximum atomic E-state index is 11.8. The van der Waals surface area contributed by atoms with Gasteiger partial charge in [0, 0.05) is 12.6 Å². The average molecular weight is 290 g/mol. The third kappa shape index (κ3) is 4.26. The Morgan fingerprint density at radius 2 is 2.33 bits per heavy atom. The molecule has 1 aromatic heterocycles. The minimum atomic E-state index is -0.0105. The van der Waals surface area contributed by atoms with Gasteiger partial charge in [0.25, 0.3) is 0 Å². The first-order valence-electron chi connectivity index (χ1n) is 7.36. The molecule has 0 aliphatic carbocycles. The van der Waals surface area contributed by atoms with Crippen LogP contribution in [0.2, 0.25) is 0 Å². The summed E-state index contributed by atoms with van der Waals surface area (Å²) in [6.45, 7) is 6.37. The Hall–Kier alpha value is -1.94. The molecule has 1 aliphatic heterocycles. The topological polar surface area (TPSA) is 86.8 Å². The van der Waals surface area contributed by atoms with Crippen LogP contribution in [-0.2, 0) is 11.3 Å². The van der Waals surface area contributed by atoms with Gasteiger partial charge in [-0.05, 0) is 33.2 Å². The van der Waals surface area contributed by atoms with Gasteiger partial charge in [-0.3, -0.25) is 9.69 Å². The fourth-order valence-electron chi connectivity index (χ4n) is 2.74. The molecule has 1 amide bonds. The molecule has 0 unspecified atom stereocenters. The summed E-state index contributed by atoms with van der Waals surface area (Å²) >= 11 is 0. The fourth-order valence-corrected chi connectivity index (χ4v) is 2.74. The monoisotopic (exact) mass is 290 g/mol. The SMILES string of the molecule is Cc1nc(C)n(C[C@H]2CCCN2CC(=O)NCCC#N)n1. The van der Waals surface area contributed by atoms with Gasteiger partial charge >= 0.3 is 0 Å². The number of hydrogen-bond donors (Lipinski definition) is 1. The molecule has 0 radical (unpaired) electrons. The van der Waals surface area contributed by atoms with Crippen LogP contribution in [0.25, 0.3) is 0 Å². The second kappa shape index (κ2) is 7.18. The maximum absolute atomic E-state index is 11.8. The van der Waals surface area contributed by atoms with E-state index in [2.05, 4.69) is 20.3 Å². The number of nitrogens with one attached hydrogen (secondary N) is 1. The predicted octanol–water partition coefficient (Wildman–Crippen LogP) is 0.389. The van der Waals surface area contributed by atoms with Crippen molar-refractivity contribution in [3.63, 3.8) is 0 Å². The summed E-state index contributed by atoms with van der Waals surface area (Å²) in [7, 11) is 0. The van der Waals surface area contributed by atoms with E-state index in [0.29, 0.717) is 25.6 Å². The van der Waals surface area contributed by atoms with Crippen molar-refractivity contribution in [2.24, 2.45) is 0 Å². The van der Waals surface area contributed by atoms with E-state index in [9.17, 15) is 4.79 Å². The van der Waals surface area contributed by atoms with Gasteiger partial charge < -0.3 is 5.32 Å². The number of nitriles is 1. The van der Waals surface area contributed by atoms with Crippen molar-refractivity contribution < 1.29 is 4.79 Å². The highest BCUT2D eigenvalue weighted by Gasteiger charge is 2.27. The molecule has 1 fully saturated rings. The summed E-state index contributed by atoms with van der Waals surface area (Å²) in [6, 6.07) is 2.35. The van der Waals surface area contributed by atoms with Crippen LogP contribution in [0, 0.1) is 25.2 Å². The largest absolute Gasteiger partial charge is 0.354 e. The Morgan fingerprint density at radius 1 is 1.52 bits per heavy atom. The first-order chi connectivity index (χ1) is 10.1. The standard InChI is InChI=1S/C14H22N6O/c1-11-17-12(2)20(18-11)9-13-5-3-8-19(13)10-14(21)16-7-4-6-15/h13H,3-5,7-10H2,1-2H3,(H,16,21)/t13-/m1/s1. The van der Waals surface area contributed by atoms with Crippen LogP contribution in [0.15, 0.2) is 0 Å². The van der Waals surface area contributed by atoms with Gasteiger partial charge in [-0.15, -0.1) is 0 Å². The molecule has 2 heterocycles. The molecule has 21 heavy (non-hydrogen) atoms. The number of carbonyl (C=O) groups is 1. The molecule has 0 bridgehead atoms. The van der Waals surface area contributed by atoms with Gasteiger partial charge in [0.05, 0.1) is 25.6 Å². The van der Waals surface area contributed by atoms with Crippen molar-refractivity contribution in [2.75, 3.05) is 19.6 Å². The molecular formula is C14H22N6O. The lowest BCUT2D eigenvalue weighted by atomic mass is 10.2. The lowest BCUT2D eigenvalue weighted by molar-refractivity contribution is -0.122. The van der Waals surface area contributed by atoms with E-state index in [4.69, 9.17) is 5.26 Å². The molecule has 1 aliphatic rings. The number of amides is 1. The third-order valence-corrected chi connectivity index (χ3v) is 3.75. The average Bonchev–Trinajstić information content (AvgIpc) is 2.98. The first-order valence-corrected chi connectivity index (χ1v) is 7.36. The summed E-state index contributed by atoms with van der Waals surface area (Å²) in [4.78, 5) is 18.4. The van der Waals surface area contributed by atoms with E-state index < -0.39 is 0 Å². The van der Waals surface area contributed by atoms with Crippen molar-refractivity contribution in [3.8, 4) is 6.07 Å². The molecule has 2 rings (SSSR count). The quantitative estimate of drug-likeness (QED) is 0.766. The van der Waals surface area contributed by atoms with Crippen LogP contribution in [0.3, 0.4) is 0 Å². The number of aromatic nitrogens is 3. The van der Waals surface area contributed by atoms with Gasteiger partial charge in [-0.1, -0.05) is 0 Å². The zero-order valence-electron chi connectivity index (χ0n) is 12.7. The van der Waals surface area contributed by atoms with Gasteiger partial charge in [-0.2, -0.15) is 10.4 Å². The van der Waals surface area contributed by atoms with Crippen LogP contribution < -0.4 is 5.32 Å². The maximum Gasteiger partial charge on any atom is 0.234 e. The molecule has 114 valence electrons. The fraction of sp³-hybridized carbons (Fsp3) is 0.714. The van der Waals surface area contributed by atoms with Gasteiger partial charge in [0.15, 0.2) is 0 Å². The summed E-state index contributed by atoms with van der Waals surface area (Å²) in [5.41, 5.74) is 0. The Bertz CT molecular complexity index is 532. The molecular weight excluding hydrogens is 268 g/mol. The van der Waals surface area contributed by atoms with E-state index in [1.54, 1.807) is 0 Å². The Balaban J connectivity index is 1.87. The van der Waals surface area contributed by atoms with Gasteiger partial charge in [0.1, 0.15) is 11.6 Å². The van der Waals surface area contributed by atoms with Crippen LogP contribution in [0.1, 0.15) is 30.9 Å². The first kappa shape index (κ1) is 15.4. The van der Waals surface area contributed by atoms with E-state index in [1.165, 1.54) is 0 Å². The van der Waals surface area contributed by atoms with Crippen molar-refractivity contribution in [3.05, 3.63) is 11.6 Å². The second-order valence-corrected chi connectivity index (χ2v) is 5.41. The third-order valence-electron chi connectivity index (χ3n) is 3.75. The molecule has 7 heteroatoms. The van der Waals surface area contributed by atoms with E-state index in [-0.39, 0.29) is 5.91 Å². The zero-order valence-corrected chi connectivity index (χ0v) is 12.7. The molecule has 0 aromatic carbocycles. The highest BCUT2D eigenvalue weighted by atomic mass is 16.2. The Morgan fingerprint density at radius 3 is 3.00 bits per heavy atom. The molecule has 0 spiro atoms. The van der Waals surface area contributed by atoms with Crippen molar-refractivity contribution in [1.29, 1.82) is 5.26 Å². The van der Waals surface area contributed by atoms with Crippen LogP contribution >= 0.6 is 0 Å². The van der Waals surface area contributed by atoms with Crippen molar-refractivity contribution >= 4 is 5.91 Å². The molecule has 1 N–H and O–H groups in total. The van der Waals surface area contributed by atoms with Crippen LogP contribution in [-0.4, -0.2) is 51.2 Å². The summed E-state index contributed by atoms with van der Waals surface area (Å²) in [5, 5.41) is 15.6. The molecule has 1 saturated heterocycles. The number of aryl methyl sites for hydroxylation is 2. The number of nitrogens with zero attached hydrogens (tertiary/aromatic N) is 5. The molecule has 1 aromatic rings. The highest BCUT2D eigenvalue weighted by molar-refractivity contribution is 5.78. The number of rotatable bonds is 6. The molecule has 0 saturated carbocycles. The number of hydrogen-bond acceptors (Lipinski definition) is 5. The highest BCUT2D eigenvalue weighted by Crippen LogP contribution is 2.18. The molecule has 7 nitrogen and oxygen atoms in total. The lowest BCUT2D eigenvalue weighted by Crippen LogP contribution is -2.41. The smallest absolute Gasteiger partial charge is 0.234 e. The van der Waals surface area contributed by atoms with E-state index in [1.807, 2.05) is 24.6 Å². The minimum Gasteiger partial charge on any atom is -0.354 e. The summed E-state index contributed by atoms with van der Waals surface area (Å²) < 4.78 is 1.92. The van der Waals surface area contributed by atoms with E-state index >= 15 is 0 Å². The van der Waals surface area contributed by atoms with Crippen LogP contribution in [0.5, 0.6) is 0 Å². The van der Waals surface area contributed by atoms with Crippen molar-refractivity contribution in [2.45, 2.75) is 45.7 Å². The number of carbonyl (C=O) groups excluding carboxylic acids is 1. The van der Waals surface area contributed by atoms with Crippen molar-refractivity contribution in [1.82, 2.24) is 25.0 Å². The second-order valence-electron chi connectivity index (χ2n) is 5.41. The Labute approximate surface area is 124 Å². The minimum absolute atomic E-state index is 0.0105. The summed E-state index contributed by atoms with van der Waals surface area (Å²) in [6.07, 6.45) is 2.53. The predicted molar refractivity (Wildman–Crippen MR) is 77.3 cm³/mol. The molecule has 1 atom stereocenters.